The van der Waals surface area contributed by atoms with Crippen molar-refractivity contribution < 1.29 is 14.0 Å². The molecule has 2 amide bonds. The van der Waals surface area contributed by atoms with Gasteiger partial charge in [0.05, 0.1) is 6.54 Å². The van der Waals surface area contributed by atoms with Crippen LogP contribution >= 0.6 is 0 Å². The average Bonchev–Trinajstić information content (AvgIpc) is 3.07. The third-order valence-corrected chi connectivity index (χ3v) is 4.07. The lowest BCUT2D eigenvalue weighted by atomic mass is 10.1. The number of carbonyl (C=O) groups is 2. The minimum absolute atomic E-state index is 0.0648. The maximum absolute atomic E-state index is 11.9. The minimum Gasteiger partial charge on any atom is -0.441 e. The van der Waals surface area contributed by atoms with E-state index >= 15 is 0 Å². The quantitative estimate of drug-likeness (QED) is 0.583. The van der Waals surface area contributed by atoms with Gasteiger partial charge in [-0.25, -0.2) is 4.98 Å². The van der Waals surface area contributed by atoms with Gasteiger partial charge in [-0.15, -0.1) is 0 Å². The molecule has 0 aliphatic rings. The number of hydrogen-bond donors (Lipinski definition) is 3. The highest BCUT2D eigenvalue weighted by molar-refractivity contribution is 5.84. The van der Waals surface area contributed by atoms with Crippen LogP contribution in [0, 0.1) is 13.8 Å². The molecule has 0 saturated heterocycles. The summed E-state index contributed by atoms with van der Waals surface area (Å²) < 4.78 is 5.56. The normalized spacial score (nSPS) is 10.6. The van der Waals surface area contributed by atoms with Gasteiger partial charge in [-0.2, -0.15) is 0 Å². The molecule has 0 spiro atoms. The third-order valence-electron chi connectivity index (χ3n) is 4.07. The summed E-state index contributed by atoms with van der Waals surface area (Å²) in [6.45, 7) is 4.05. The molecule has 3 aromatic rings. The topological polar surface area (TPSA) is 96.3 Å². The second-order valence-electron chi connectivity index (χ2n) is 6.34. The Hall–Kier alpha value is -3.35. The smallest absolute Gasteiger partial charge is 0.257 e. The molecule has 0 aliphatic carbocycles. The highest BCUT2D eigenvalue weighted by atomic mass is 16.3. The number of fused-ring (bicyclic) bond motifs is 1. The highest BCUT2D eigenvalue weighted by Crippen LogP contribution is 2.16. The summed E-state index contributed by atoms with van der Waals surface area (Å²) in [5, 5.41) is 3.05. The molecular weight excluding hydrogens is 344 g/mol. The lowest BCUT2D eigenvalue weighted by Gasteiger charge is -2.11. The Bertz CT molecular complexity index is 932. The van der Waals surface area contributed by atoms with Crippen LogP contribution in [0.25, 0.3) is 11.1 Å². The maximum Gasteiger partial charge on any atom is 0.257 e. The number of oxazole rings is 1. The number of amides is 2. The molecule has 140 valence electrons. The fourth-order valence-electron chi connectivity index (χ4n) is 2.68. The number of aryl methyl sites for hydroxylation is 3. The summed E-state index contributed by atoms with van der Waals surface area (Å²) in [7, 11) is 0. The van der Waals surface area contributed by atoms with E-state index in [0.29, 0.717) is 17.9 Å². The lowest BCUT2D eigenvalue weighted by molar-refractivity contribution is -0.128. The first-order valence-electron chi connectivity index (χ1n) is 8.74. The van der Waals surface area contributed by atoms with E-state index in [1.165, 1.54) is 0 Å². The van der Waals surface area contributed by atoms with Crippen LogP contribution in [0.3, 0.4) is 0 Å². The van der Waals surface area contributed by atoms with E-state index in [9.17, 15) is 9.59 Å². The number of hydrazine groups is 1. The fraction of sp³-hybridized carbons (Fsp3) is 0.250. The summed E-state index contributed by atoms with van der Waals surface area (Å²) in [5.74, 6) is -0.142. The van der Waals surface area contributed by atoms with E-state index in [1.54, 1.807) is 0 Å². The van der Waals surface area contributed by atoms with E-state index in [2.05, 4.69) is 21.2 Å². The van der Waals surface area contributed by atoms with E-state index in [0.717, 1.165) is 22.3 Å². The second kappa shape index (κ2) is 8.35. The van der Waals surface area contributed by atoms with Gasteiger partial charge in [0.1, 0.15) is 5.52 Å². The van der Waals surface area contributed by atoms with E-state index in [4.69, 9.17) is 4.42 Å². The largest absolute Gasteiger partial charge is 0.441 e. The van der Waals surface area contributed by atoms with E-state index in [1.807, 2.05) is 56.3 Å². The predicted octanol–water partition coefficient (Wildman–Crippen LogP) is 2.64. The molecule has 2 aromatic carbocycles. The van der Waals surface area contributed by atoms with Crippen molar-refractivity contribution >= 4 is 28.6 Å². The van der Waals surface area contributed by atoms with Gasteiger partial charge in [0.2, 0.25) is 5.91 Å². The van der Waals surface area contributed by atoms with Crippen molar-refractivity contribution in [2.45, 2.75) is 26.7 Å². The van der Waals surface area contributed by atoms with E-state index in [-0.39, 0.29) is 24.8 Å². The van der Waals surface area contributed by atoms with Gasteiger partial charge in [-0.05, 0) is 37.6 Å². The van der Waals surface area contributed by atoms with Crippen LogP contribution in [-0.4, -0.2) is 23.3 Å². The number of aromatic nitrogens is 1. The van der Waals surface area contributed by atoms with Crippen LogP contribution in [0.15, 0.2) is 46.9 Å². The molecule has 0 saturated carbocycles. The van der Waals surface area contributed by atoms with Crippen LogP contribution in [0.4, 0.5) is 5.69 Å². The summed E-state index contributed by atoms with van der Waals surface area (Å²) >= 11 is 0. The van der Waals surface area contributed by atoms with Gasteiger partial charge in [-0.1, -0.05) is 29.8 Å². The van der Waals surface area contributed by atoms with Gasteiger partial charge in [0.15, 0.2) is 11.5 Å². The van der Waals surface area contributed by atoms with Gasteiger partial charge in [0, 0.05) is 18.5 Å². The molecule has 27 heavy (non-hydrogen) atoms. The van der Waals surface area contributed by atoms with Crippen molar-refractivity contribution in [3.05, 3.63) is 59.5 Å². The Morgan fingerprint density at radius 3 is 2.59 bits per heavy atom. The van der Waals surface area contributed by atoms with Gasteiger partial charge in [-0.3, -0.25) is 20.4 Å². The molecule has 0 unspecified atom stereocenters. The fourth-order valence-corrected chi connectivity index (χ4v) is 2.68. The van der Waals surface area contributed by atoms with Crippen LogP contribution in [0.2, 0.25) is 0 Å². The molecule has 7 nitrogen and oxygen atoms in total. The number of benzene rings is 2. The Kier molecular flexibility index (Phi) is 5.71. The minimum atomic E-state index is -0.329. The monoisotopic (exact) mass is 366 g/mol. The molecule has 0 atom stereocenters. The maximum atomic E-state index is 11.9. The number of hydrogen-bond acceptors (Lipinski definition) is 5. The molecular formula is C20H22N4O3. The number of carbonyl (C=O) groups excluding carboxylic acids is 2. The zero-order chi connectivity index (χ0) is 19.2. The predicted molar refractivity (Wildman–Crippen MR) is 103 cm³/mol. The molecule has 0 bridgehead atoms. The number of para-hydroxylation sites is 2. The Balaban J connectivity index is 1.39. The van der Waals surface area contributed by atoms with Crippen molar-refractivity contribution in [3.63, 3.8) is 0 Å². The Labute approximate surface area is 157 Å². The first-order chi connectivity index (χ1) is 13.0. The Morgan fingerprint density at radius 1 is 1.04 bits per heavy atom. The summed E-state index contributed by atoms with van der Waals surface area (Å²) in [5.41, 5.74) is 9.36. The molecule has 1 heterocycles. The van der Waals surface area contributed by atoms with Crippen molar-refractivity contribution in [1.82, 2.24) is 15.8 Å². The molecule has 1 aromatic heterocycles. The molecule has 0 radical (unpaired) electrons. The Morgan fingerprint density at radius 2 is 1.81 bits per heavy atom. The highest BCUT2D eigenvalue weighted by Gasteiger charge is 2.09. The van der Waals surface area contributed by atoms with Gasteiger partial charge < -0.3 is 9.73 Å². The van der Waals surface area contributed by atoms with Gasteiger partial charge >= 0.3 is 0 Å². The van der Waals surface area contributed by atoms with Crippen molar-refractivity contribution in [1.29, 1.82) is 0 Å². The first kappa shape index (κ1) is 18.4. The molecule has 0 fully saturated rings. The van der Waals surface area contributed by atoms with Crippen LogP contribution in [0.5, 0.6) is 0 Å². The standard InChI is InChI=1S/C20H22N4O3/c1-13-7-8-15(14(2)11-13)21-12-19(26)24-23-18(25)9-10-20-22-16-5-3-4-6-17(16)27-20/h3-8,11,21H,9-10,12H2,1-2H3,(H,23,25)(H,24,26). The molecule has 0 aliphatic heterocycles. The number of nitrogens with zero attached hydrogens (tertiary/aromatic N) is 1. The summed E-state index contributed by atoms with van der Waals surface area (Å²) in [6.07, 6.45) is 0.523. The molecule has 3 N–H and O–H groups in total. The third kappa shape index (κ3) is 5.07. The number of nitrogens with one attached hydrogen (secondary N) is 3. The van der Waals surface area contributed by atoms with Crippen molar-refractivity contribution in [3.8, 4) is 0 Å². The molecule has 3 rings (SSSR count). The zero-order valence-electron chi connectivity index (χ0n) is 15.3. The number of rotatable bonds is 6. The lowest BCUT2D eigenvalue weighted by Crippen LogP contribution is -2.44. The summed E-state index contributed by atoms with van der Waals surface area (Å²) in [6, 6.07) is 13.4. The second-order valence-corrected chi connectivity index (χ2v) is 6.34. The van der Waals surface area contributed by atoms with Crippen LogP contribution in [0.1, 0.15) is 23.4 Å². The average molecular weight is 366 g/mol. The van der Waals surface area contributed by atoms with Gasteiger partial charge in [0.25, 0.3) is 5.91 Å². The zero-order valence-corrected chi connectivity index (χ0v) is 15.3. The first-order valence-corrected chi connectivity index (χ1v) is 8.74. The SMILES string of the molecule is Cc1ccc(NCC(=O)NNC(=O)CCc2nc3ccccc3o2)c(C)c1. The van der Waals surface area contributed by atoms with Crippen molar-refractivity contribution in [2.24, 2.45) is 0 Å². The van der Waals surface area contributed by atoms with Crippen LogP contribution < -0.4 is 16.2 Å². The number of anilines is 1. The summed E-state index contributed by atoms with van der Waals surface area (Å²) in [4.78, 5) is 28.1. The van der Waals surface area contributed by atoms with Crippen molar-refractivity contribution in [2.75, 3.05) is 11.9 Å². The van der Waals surface area contributed by atoms with Crippen LogP contribution in [-0.2, 0) is 16.0 Å². The van der Waals surface area contributed by atoms with E-state index < -0.39 is 0 Å². The molecule has 7 heteroatoms.